The van der Waals surface area contributed by atoms with Gasteiger partial charge in [0, 0.05) is 26.3 Å². The number of aliphatic imine (C=N–C) groups is 1. The molecule has 2 N–H and O–H groups in total. The average molecular weight is 363 g/mol. The average Bonchev–Trinajstić information content (AvgIpc) is 3.28. The highest BCUT2D eigenvalue weighted by Crippen LogP contribution is 2.22. The Morgan fingerprint density at radius 2 is 2.08 bits per heavy atom. The fourth-order valence-electron chi connectivity index (χ4n) is 2.84. The van der Waals surface area contributed by atoms with Gasteiger partial charge in [-0.15, -0.1) is 0 Å². The van der Waals surface area contributed by atoms with Crippen LogP contribution >= 0.6 is 11.3 Å². The third-order valence-corrected chi connectivity index (χ3v) is 5.01. The summed E-state index contributed by atoms with van der Waals surface area (Å²) >= 11 is 1.75. The van der Waals surface area contributed by atoms with E-state index in [-0.39, 0.29) is 0 Å². The molecule has 0 aliphatic heterocycles. The SMILES string of the molecule is CCNC(=NCc1ccnn1C)NCC(c1ccsc1)N(CC)CC. The Morgan fingerprint density at radius 1 is 1.28 bits per heavy atom. The van der Waals surface area contributed by atoms with Crippen LogP contribution in [-0.4, -0.2) is 46.8 Å². The number of aromatic nitrogens is 2. The molecule has 7 heteroatoms. The van der Waals surface area contributed by atoms with Crippen molar-refractivity contribution < 1.29 is 0 Å². The second-order valence-electron chi connectivity index (χ2n) is 5.82. The summed E-state index contributed by atoms with van der Waals surface area (Å²) in [6.07, 6.45) is 1.80. The molecule has 6 nitrogen and oxygen atoms in total. The fourth-order valence-corrected chi connectivity index (χ4v) is 3.55. The molecule has 0 radical (unpaired) electrons. The summed E-state index contributed by atoms with van der Waals surface area (Å²) in [5, 5.41) is 15.4. The molecule has 0 saturated heterocycles. The Bertz CT molecular complexity index is 630. The molecule has 0 aromatic carbocycles. The van der Waals surface area contributed by atoms with Crippen LogP contribution in [0.3, 0.4) is 0 Å². The maximum absolute atomic E-state index is 4.70. The fraction of sp³-hybridized carbons (Fsp3) is 0.556. The first-order valence-corrected chi connectivity index (χ1v) is 9.89. The first-order valence-electron chi connectivity index (χ1n) is 8.94. The minimum Gasteiger partial charge on any atom is -0.357 e. The zero-order valence-corrected chi connectivity index (χ0v) is 16.5. The van der Waals surface area contributed by atoms with Gasteiger partial charge >= 0.3 is 0 Å². The van der Waals surface area contributed by atoms with Crippen LogP contribution in [0, 0.1) is 0 Å². The standard InChI is InChI=1S/C18H30N6S/c1-5-19-18(20-12-16-8-10-22-23(16)4)21-13-17(24(6-2)7-3)15-9-11-25-14-15/h8-11,14,17H,5-7,12-13H2,1-4H3,(H2,19,20,21). The number of thiophene rings is 1. The number of rotatable bonds is 9. The van der Waals surface area contributed by atoms with Gasteiger partial charge in [0.15, 0.2) is 5.96 Å². The Labute approximate surface area is 155 Å². The van der Waals surface area contributed by atoms with Crippen molar-refractivity contribution in [2.75, 3.05) is 26.2 Å². The van der Waals surface area contributed by atoms with E-state index in [2.05, 4.69) is 58.2 Å². The summed E-state index contributed by atoms with van der Waals surface area (Å²) in [5.41, 5.74) is 2.46. The monoisotopic (exact) mass is 362 g/mol. The van der Waals surface area contributed by atoms with Gasteiger partial charge in [-0.25, -0.2) is 4.99 Å². The van der Waals surface area contributed by atoms with Crippen molar-refractivity contribution in [2.24, 2.45) is 12.0 Å². The molecule has 0 fully saturated rings. The second kappa shape index (κ2) is 10.2. The number of likely N-dealkylation sites (N-methyl/N-ethyl adjacent to an activating group) is 1. The summed E-state index contributed by atoms with van der Waals surface area (Å²) in [7, 11) is 1.94. The quantitative estimate of drug-likeness (QED) is 0.532. The van der Waals surface area contributed by atoms with Crippen LogP contribution in [0.1, 0.15) is 38.1 Å². The second-order valence-corrected chi connectivity index (χ2v) is 6.60. The van der Waals surface area contributed by atoms with Gasteiger partial charge in [0.2, 0.25) is 0 Å². The number of nitrogens with one attached hydrogen (secondary N) is 2. The maximum atomic E-state index is 4.70. The number of aryl methyl sites for hydroxylation is 1. The van der Waals surface area contributed by atoms with Gasteiger partial charge in [0.05, 0.1) is 18.3 Å². The highest BCUT2D eigenvalue weighted by atomic mass is 32.1. The van der Waals surface area contributed by atoms with Crippen LogP contribution in [0.15, 0.2) is 34.1 Å². The Kier molecular flexibility index (Phi) is 7.94. The zero-order chi connectivity index (χ0) is 18.1. The topological polar surface area (TPSA) is 57.5 Å². The van der Waals surface area contributed by atoms with Crippen molar-refractivity contribution in [3.8, 4) is 0 Å². The highest BCUT2D eigenvalue weighted by Gasteiger charge is 2.18. The van der Waals surface area contributed by atoms with E-state index in [1.54, 1.807) is 17.5 Å². The minimum atomic E-state index is 0.349. The smallest absolute Gasteiger partial charge is 0.191 e. The van der Waals surface area contributed by atoms with Crippen molar-refractivity contribution >= 4 is 17.3 Å². The Morgan fingerprint density at radius 3 is 2.64 bits per heavy atom. The van der Waals surface area contributed by atoms with E-state index in [0.717, 1.165) is 37.8 Å². The van der Waals surface area contributed by atoms with Crippen molar-refractivity contribution in [1.29, 1.82) is 0 Å². The Hall–Kier alpha value is -1.86. The van der Waals surface area contributed by atoms with E-state index in [4.69, 9.17) is 4.99 Å². The van der Waals surface area contributed by atoms with Crippen LogP contribution in [0.5, 0.6) is 0 Å². The molecular formula is C18H30N6S. The third kappa shape index (κ3) is 5.57. The molecular weight excluding hydrogens is 332 g/mol. The predicted octanol–water partition coefficient (Wildman–Crippen LogP) is 2.62. The van der Waals surface area contributed by atoms with Gasteiger partial charge in [-0.05, 0) is 48.5 Å². The molecule has 25 heavy (non-hydrogen) atoms. The van der Waals surface area contributed by atoms with Gasteiger partial charge in [-0.3, -0.25) is 9.58 Å². The first kappa shape index (κ1) is 19.5. The van der Waals surface area contributed by atoms with E-state index in [1.807, 2.05) is 17.8 Å². The lowest BCUT2D eigenvalue weighted by Gasteiger charge is -2.30. The van der Waals surface area contributed by atoms with E-state index >= 15 is 0 Å². The van der Waals surface area contributed by atoms with Crippen LogP contribution in [0.4, 0.5) is 0 Å². The molecule has 2 rings (SSSR count). The molecule has 2 heterocycles. The van der Waals surface area contributed by atoms with Crippen LogP contribution in [-0.2, 0) is 13.6 Å². The van der Waals surface area contributed by atoms with Gasteiger partial charge in [0.25, 0.3) is 0 Å². The van der Waals surface area contributed by atoms with E-state index < -0.39 is 0 Å². The van der Waals surface area contributed by atoms with Gasteiger partial charge in [-0.1, -0.05) is 13.8 Å². The minimum absolute atomic E-state index is 0.349. The summed E-state index contributed by atoms with van der Waals surface area (Å²) in [4.78, 5) is 7.17. The predicted molar refractivity (Wildman–Crippen MR) is 106 cm³/mol. The van der Waals surface area contributed by atoms with Crippen molar-refractivity contribution in [1.82, 2.24) is 25.3 Å². The summed E-state index contributed by atoms with van der Waals surface area (Å²) in [6, 6.07) is 4.56. The Balaban J connectivity index is 2.05. The lowest BCUT2D eigenvalue weighted by atomic mass is 10.1. The van der Waals surface area contributed by atoms with Crippen molar-refractivity contribution in [3.05, 3.63) is 40.3 Å². The molecule has 2 aromatic heterocycles. The first-order chi connectivity index (χ1) is 12.2. The number of hydrogen-bond acceptors (Lipinski definition) is 4. The van der Waals surface area contributed by atoms with Gasteiger partial charge in [0.1, 0.15) is 0 Å². The molecule has 0 bridgehead atoms. The van der Waals surface area contributed by atoms with Crippen LogP contribution in [0.2, 0.25) is 0 Å². The lowest BCUT2D eigenvalue weighted by Crippen LogP contribution is -2.43. The molecule has 0 aliphatic rings. The molecule has 2 aromatic rings. The summed E-state index contributed by atoms with van der Waals surface area (Å²) in [5.74, 6) is 0.844. The van der Waals surface area contributed by atoms with E-state index in [0.29, 0.717) is 12.6 Å². The normalized spacial score (nSPS) is 13.2. The number of guanidine groups is 1. The van der Waals surface area contributed by atoms with Crippen molar-refractivity contribution in [3.63, 3.8) is 0 Å². The summed E-state index contributed by atoms with van der Waals surface area (Å²) in [6.45, 7) is 10.8. The molecule has 1 unspecified atom stereocenters. The molecule has 1 atom stereocenters. The van der Waals surface area contributed by atoms with E-state index in [9.17, 15) is 0 Å². The third-order valence-electron chi connectivity index (χ3n) is 4.31. The zero-order valence-electron chi connectivity index (χ0n) is 15.7. The summed E-state index contributed by atoms with van der Waals surface area (Å²) < 4.78 is 1.86. The maximum Gasteiger partial charge on any atom is 0.191 e. The number of hydrogen-bond donors (Lipinski definition) is 2. The molecule has 0 saturated carbocycles. The van der Waals surface area contributed by atoms with Gasteiger partial charge in [-0.2, -0.15) is 16.4 Å². The molecule has 0 spiro atoms. The largest absolute Gasteiger partial charge is 0.357 e. The lowest BCUT2D eigenvalue weighted by molar-refractivity contribution is 0.219. The molecule has 138 valence electrons. The van der Waals surface area contributed by atoms with E-state index in [1.165, 1.54) is 5.56 Å². The van der Waals surface area contributed by atoms with Crippen molar-refractivity contribution in [2.45, 2.75) is 33.4 Å². The highest BCUT2D eigenvalue weighted by molar-refractivity contribution is 7.07. The molecule has 0 amide bonds. The number of nitrogens with zero attached hydrogens (tertiary/aromatic N) is 4. The van der Waals surface area contributed by atoms with Crippen LogP contribution in [0.25, 0.3) is 0 Å². The molecule has 0 aliphatic carbocycles. The van der Waals surface area contributed by atoms with Crippen LogP contribution < -0.4 is 10.6 Å². The van der Waals surface area contributed by atoms with Gasteiger partial charge < -0.3 is 10.6 Å².